The molecule has 6 heteroatoms. The maximum atomic E-state index is 11.2. The highest BCUT2D eigenvalue weighted by atomic mass is 16.4. The first-order chi connectivity index (χ1) is 9.54. The second kappa shape index (κ2) is 4.41. The topological polar surface area (TPSA) is 80.4 Å². The summed E-state index contributed by atoms with van der Waals surface area (Å²) in [5.41, 5.74) is 2.62. The third-order valence-corrected chi connectivity index (χ3v) is 2.98. The molecule has 2 heterocycles. The van der Waals surface area contributed by atoms with Crippen molar-refractivity contribution < 1.29 is 9.90 Å². The Bertz CT molecular complexity index is 806. The van der Waals surface area contributed by atoms with Crippen LogP contribution >= 0.6 is 0 Å². The molecule has 0 spiro atoms. The van der Waals surface area contributed by atoms with Crippen molar-refractivity contribution in [2.45, 2.75) is 13.8 Å². The number of hydrogen-bond donors (Lipinski definition) is 1. The number of fused-ring (bicyclic) bond motifs is 1. The van der Waals surface area contributed by atoms with Gasteiger partial charge in [0.15, 0.2) is 5.69 Å². The number of carboxylic acid groups (broad SMARTS) is 1. The maximum Gasteiger partial charge on any atom is 0.354 e. The maximum absolute atomic E-state index is 11.2. The first-order valence-corrected chi connectivity index (χ1v) is 6.09. The molecule has 6 nitrogen and oxygen atoms in total. The average molecular weight is 268 g/mol. The highest BCUT2D eigenvalue weighted by Crippen LogP contribution is 2.21. The number of aromatic nitrogens is 4. The zero-order valence-electron chi connectivity index (χ0n) is 11.0. The first-order valence-electron chi connectivity index (χ1n) is 6.09. The Morgan fingerprint density at radius 3 is 2.50 bits per heavy atom. The van der Waals surface area contributed by atoms with Gasteiger partial charge in [-0.1, -0.05) is 29.8 Å². The molecule has 0 aliphatic heterocycles. The van der Waals surface area contributed by atoms with Crippen molar-refractivity contribution in [2.75, 3.05) is 0 Å². The number of nitrogens with zero attached hydrogens (tertiary/aromatic N) is 4. The fourth-order valence-corrected chi connectivity index (χ4v) is 2.01. The lowest BCUT2D eigenvalue weighted by Crippen LogP contribution is -2.05. The molecule has 0 radical (unpaired) electrons. The van der Waals surface area contributed by atoms with Gasteiger partial charge in [0, 0.05) is 5.56 Å². The van der Waals surface area contributed by atoms with Crippen molar-refractivity contribution in [3.8, 4) is 11.3 Å². The van der Waals surface area contributed by atoms with E-state index in [4.69, 9.17) is 5.11 Å². The quantitative estimate of drug-likeness (QED) is 0.769. The van der Waals surface area contributed by atoms with Gasteiger partial charge in [0.05, 0.1) is 5.69 Å². The number of rotatable bonds is 2. The van der Waals surface area contributed by atoms with Gasteiger partial charge < -0.3 is 5.11 Å². The summed E-state index contributed by atoms with van der Waals surface area (Å²) < 4.78 is 1.56. The van der Waals surface area contributed by atoms with Crippen LogP contribution in [0.2, 0.25) is 0 Å². The molecule has 0 amide bonds. The van der Waals surface area contributed by atoms with E-state index in [1.54, 1.807) is 11.4 Å². The fraction of sp³-hybridized carbons (Fsp3) is 0.143. The molecule has 1 aromatic carbocycles. The van der Waals surface area contributed by atoms with E-state index >= 15 is 0 Å². The number of aryl methyl sites for hydroxylation is 2. The highest BCUT2D eigenvalue weighted by molar-refractivity contribution is 5.87. The van der Waals surface area contributed by atoms with Gasteiger partial charge in [-0.2, -0.15) is 9.50 Å². The third kappa shape index (κ3) is 2.01. The standard InChI is InChI=1S/C14H12N4O2/c1-8-3-5-10(6-4-8)12-7-11(13(19)20)16-14-15-9(2)17-18(12)14/h3-7H,1-2H3,(H,19,20). The lowest BCUT2D eigenvalue weighted by Gasteiger charge is -2.05. The van der Waals surface area contributed by atoms with Crippen LogP contribution in [0.5, 0.6) is 0 Å². The SMILES string of the molecule is Cc1ccc(-c2cc(C(=O)O)nc3nc(C)nn23)cc1. The second-order valence-electron chi connectivity index (χ2n) is 4.57. The molecule has 0 unspecified atom stereocenters. The minimum atomic E-state index is -1.08. The van der Waals surface area contributed by atoms with Crippen molar-refractivity contribution in [3.63, 3.8) is 0 Å². The third-order valence-electron chi connectivity index (χ3n) is 2.98. The van der Waals surface area contributed by atoms with E-state index in [9.17, 15) is 4.79 Å². The van der Waals surface area contributed by atoms with Crippen LogP contribution in [0.15, 0.2) is 30.3 Å². The molecule has 0 bridgehead atoms. The molecule has 2 aromatic heterocycles. The number of carboxylic acids is 1. The Kier molecular flexibility index (Phi) is 2.71. The van der Waals surface area contributed by atoms with Crippen molar-refractivity contribution in [3.05, 3.63) is 47.4 Å². The summed E-state index contributed by atoms with van der Waals surface area (Å²) in [5.74, 6) is -0.243. The molecule has 3 aromatic rings. The lowest BCUT2D eigenvalue weighted by molar-refractivity contribution is 0.0690. The molecule has 20 heavy (non-hydrogen) atoms. The summed E-state index contributed by atoms with van der Waals surface area (Å²) in [4.78, 5) is 19.3. The van der Waals surface area contributed by atoms with Gasteiger partial charge >= 0.3 is 5.97 Å². The molecular weight excluding hydrogens is 256 g/mol. The fourth-order valence-electron chi connectivity index (χ4n) is 2.01. The van der Waals surface area contributed by atoms with Crippen molar-refractivity contribution in [2.24, 2.45) is 0 Å². The summed E-state index contributed by atoms with van der Waals surface area (Å²) in [6.07, 6.45) is 0. The van der Waals surface area contributed by atoms with Gasteiger partial charge in [-0.05, 0) is 19.9 Å². The molecule has 0 aliphatic rings. The van der Waals surface area contributed by atoms with E-state index in [-0.39, 0.29) is 11.5 Å². The van der Waals surface area contributed by atoms with Crippen LogP contribution < -0.4 is 0 Å². The molecule has 3 rings (SSSR count). The molecule has 0 aliphatic carbocycles. The van der Waals surface area contributed by atoms with Crippen LogP contribution in [-0.2, 0) is 0 Å². The number of hydrogen-bond acceptors (Lipinski definition) is 4. The highest BCUT2D eigenvalue weighted by Gasteiger charge is 2.14. The second-order valence-corrected chi connectivity index (χ2v) is 4.57. The van der Waals surface area contributed by atoms with E-state index in [1.807, 2.05) is 31.2 Å². The molecule has 0 atom stereocenters. The monoisotopic (exact) mass is 268 g/mol. The van der Waals surface area contributed by atoms with Crippen LogP contribution in [0.25, 0.3) is 17.0 Å². The molecule has 0 saturated heterocycles. The molecule has 1 N–H and O–H groups in total. The van der Waals surface area contributed by atoms with E-state index in [2.05, 4.69) is 15.1 Å². The Hall–Kier alpha value is -2.76. The van der Waals surface area contributed by atoms with Gasteiger partial charge in [-0.25, -0.2) is 9.78 Å². The smallest absolute Gasteiger partial charge is 0.354 e. The van der Waals surface area contributed by atoms with Crippen LogP contribution in [0.4, 0.5) is 0 Å². The number of carbonyl (C=O) groups is 1. The average Bonchev–Trinajstić information content (AvgIpc) is 2.78. The van der Waals surface area contributed by atoms with Gasteiger partial charge in [-0.3, -0.25) is 0 Å². The van der Waals surface area contributed by atoms with Crippen molar-refractivity contribution in [1.29, 1.82) is 0 Å². The van der Waals surface area contributed by atoms with Crippen LogP contribution in [-0.4, -0.2) is 30.7 Å². The summed E-state index contributed by atoms with van der Waals surface area (Å²) >= 11 is 0. The van der Waals surface area contributed by atoms with E-state index in [1.165, 1.54) is 6.07 Å². The predicted octanol–water partition coefficient (Wildman–Crippen LogP) is 2.11. The molecule has 0 saturated carbocycles. The predicted molar refractivity (Wildman–Crippen MR) is 72.7 cm³/mol. The summed E-state index contributed by atoms with van der Waals surface area (Å²) in [6, 6.07) is 9.28. The Balaban J connectivity index is 2.31. The zero-order valence-corrected chi connectivity index (χ0v) is 11.0. The Labute approximate surface area is 114 Å². The van der Waals surface area contributed by atoms with Crippen LogP contribution in [0, 0.1) is 13.8 Å². The normalized spacial score (nSPS) is 10.9. The lowest BCUT2D eigenvalue weighted by atomic mass is 10.1. The Morgan fingerprint density at radius 2 is 1.85 bits per heavy atom. The molecule has 0 fully saturated rings. The van der Waals surface area contributed by atoms with E-state index in [0.717, 1.165) is 11.1 Å². The summed E-state index contributed by atoms with van der Waals surface area (Å²) in [7, 11) is 0. The number of benzene rings is 1. The minimum Gasteiger partial charge on any atom is -0.477 e. The summed E-state index contributed by atoms with van der Waals surface area (Å²) in [5, 5.41) is 13.4. The van der Waals surface area contributed by atoms with E-state index < -0.39 is 5.97 Å². The van der Waals surface area contributed by atoms with Crippen LogP contribution in [0.3, 0.4) is 0 Å². The molecule has 100 valence electrons. The molecular formula is C14H12N4O2. The van der Waals surface area contributed by atoms with Gasteiger partial charge in [0.2, 0.25) is 0 Å². The van der Waals surface area contributed by atoms with Crippen LogP contribution in [0.1, 0.15) is 21.9 Å². The number of aromatic carboxylic acids is 1. The van der Waals surface area contributed by atoms with Gasteiger partial charge in [0.25, 0.3) is 5.78 Å². The minimum absolute atomic E-state index is 0.0412. The summed E-state index contributed by atoms with van der Waals surface area (Å²) in [6.45, 7) is 3.74. The van der Waals surface area contributed by atoms with Gasteiger partial charge in [0.1, 0.15) is 5.82 Å². The largest absolute Gasteiger partial charge is 0.477 e. The first kappa shape index (κ1) is 12.3. The van der Waals surface area contributed by atoms with Gasteiger partial charge in [-0.15, -0.1) is 5.10 Å². The van der Waals surface area contributed by atoms with Crippen molar-refractivity contribution in [1.82, 2.24) is 19.6 Å². The van der Waals surface area contributed by atoms with E-state index in [0.29, 0.717) is 11.5 Å². The van der Waals surface area contributed by atoms with Crippen molar-refractivity contribution >= 4 is 11.7 Å². The Morgan fingerprint density at radius 1 is 1.15 bits per heavy atom. The zero-order chi connectivity index (χ0) is 14.3.